The highest BCUT2D eigenvalue weighted by atomic mass is 79.9. The van der Waals surface area contributed by atoms with Crippen molar-refractivity contribution in [3.05, 3.63) is 52.1 Å². The van der Waals surface area contributed by atoms with Crippen molar-refractivity contribution >= 4 is 37.3 Å². The first-order chi connectivity index (χ1) is 11.0. The van der Waals surface area contributed by atoms with Crippen molar-refractivity contribution < 1.29 is 12.8 Å². The fourth-order valence-electron chi connectivity index (χ4n) is 1.87. The predicted molar refractivity (Wildman–Crippen MR) is 90.4 cm³/mol. The van der Waals surface area contributed by atoms with Crippen LogP contribution in [0.5, 0.6) is 0 Å². The summed E-state index contributed by atoms with van der Waals surface area (Å²) in [4.78, 5) is 0. The molecule has 2 heterocycles. The molecule has 0 bridgehead atoms. The van der Waals surface area contributed by atoms with E-state index in [2.05, 4.69) is 26.1 Å². The van der Waals surface area contributed by atoms with E-state index in [4.69, 9.17) is 4.42 Å². The summed E-state index contributed by atoms with van der Waals surface area (Å²) in [5.74, 6) is 0.597. The Morgan fingerprint density at radius 1 is 1.22 bits per heavy atom. The van der Waals surface area contributed by atoms with Crippen molar-refractivity contribution in [2.75, 3.05) is 7.05 Å². The second-order valence-corrected chi connectivity index (χ2v) is 8.84. The molecule has 120 valence electrons. The first-order valence-corrected chi connectivity index (χ1v) is 9.66. The molecule has 9 heteroatoms. The number of nitrogens with zero attached hydrogens (tertiary/aromatic N) is 3. The predicted octanol–water partition coefficient (Wildman–Crippen LogP) is 3.38. The maximum absolute atomic E-state index is 12.4. The molecule has 0 saturated carbocycles. The molecule has 0 spiro atoms. The van der Waals surface area contributed by atoms with E-state index in [1.807, 2.05) is 24.3 Å². The van der Waals surface area contributed by atoms with E-state index in [0.717, 1.165) is 10.0 Å². The zero-order chi connectivity index (χ0) is 16.4. The Morgan fingerprint density at radius 3 is 2.61 bits per heavy atom. The van der Waals surface area contributed by atoms with Crippen molar-refractivity contribution in [3.63, 3.8) is 0 Å². The van der Waals surface area contributed by atoms with Crippen LogP contribution in [0.1, 0.15) is 5.89 Å². The molecule has 0 fully saturated rings. The molecule has 3 aromatic rings. The van der Waals surface area contributed by atoms with Gasteiger partial charge in [-0.2, -0.15) is 4.31 Å². The van der Waals surface area contributed by atoms with Crippen LogP contribution in [0.4, 0.5) is 0 Å². The summed E-state index contributed by atoms with van der Waals surface area (Å²) in [7, 11) is -2.05. The van der Waals surface area contributed by atoms with E-state index < -0.39 is 10.0 Å². The number of hydrogen-bond acceptors (Lipinski definition) is 6. The van der Waals surface area contributed by atoms with Crippen molar-refractivity contribution in [1.29, 1.82) is 0 Å². The summed E-state index contributed by atoms with van der Waals surface area (Å²) < 4.78 is 32.7. The van der Waals surface area contributed by atoms with Crippen molar-refractivity contribution in [2.24, 2.45) is 0 Å². The third-order valence-electron chi connectivity index (χ3n) is 3.08. The molecule has 0 saturated heterocycles. The molecule has 0 N–H and O–H groups in total. The smallest absolute Gasteiger partial charge is 0.252 e. The molecule has 0 aliphatic carbocycles. The van der Waals surface area contributed by atoms with Crippen LogP contribution in [0.25, 0.3) is 11.5 Å². The molecule has 0 amide bonds. The lowest BCUT2D eigenvalue weighted by Gasteiger charge is -2.13. The van der Waals surface area contributed by atoms with Crippen LogP contribution in [0.15, 0.2) is 54.9 Å². The van der Waals surface area contributed by atoms with Crippen LogP contribution in [-0.2, 0) is 16.6 Å². The van der Waals surface area contributed by atoms with Gasteiger partial charge < -0.3 is 4.42 Å². The summed E-state index contributed by atoms with van der Waals surface area (Å²) in [5, 5.41) is 9.60. The Bertz CT molecular complexity index is 890. The third kappa shape index (κ3) is 3.52. The van der Waals surface area contributed by atoms with Gasteiger partial charge in [0, 0.05) is 17.1 Å². The standard InChI is InChI=1S/C14H12BrN3O3S2/c1-18(23(19,20)13-3-2-8-22-13)9-12-16-17-14(21-12)10-4-6-11(15)7-5-10/h2-8H,9H2,1H3. The van der Waals surface area contributed by atoms with Gasteiger partial charge >= 0.3 is 0 Å². The van der Waals surface area contributed by atoms with Crippen LogP contribution in [0, 0.1) is 0 Å². The second kappa shape index (κ2) is 6.52. The van der Waals surface area contributed by atoms with Gasteiger partial charge in [-0.05, 0) is 35.7 Å². The lowest BCUT2D eigenvalue weighted by Crippen LogP contribution is -2.25. The quantitative estimate of drug-likeness (QED) is 0.640. The van der Waals surface area contributed by atoms with Gasteiger partial charge in [-0.3, -0.25) is 0 Å². The van der Waals surface area contributed by atoms with Gasteiger partial charge in [-0.25, -0.2) is 8.42 Å². The van der Waals surface area contributed by atoms with Gasteiger partial charge in [0.1, 0.15) is 4.21 Å². The Labute approximate surface area is 146 Å². The molecular weight excluding hydrogens is 402 g/mol. The second-order valence-electron chi connectivity index (χ2n) is 4.70. The maximum atomic E-state index is 12.4. The Balaban J connectivity index is 1.78. The average molecular weight is 414 g/mol. The monoisotopic (exact) mass is 413 g/mol. The summed E-state index contributed by atoms with van der Waals surface area (Å²) in [6.07, 6.45) is 0. The Hall–Kier alpha value is -1.55. The van der Waals surface area contributed by atoms with Crippen LogP contribution in [0.3, 0.4) is 0 Å². The van der Waals surface area contributed by atoms with Crippen molar-refractivity contribution in [2.45, 2.75) is 10.8 Å². The SMILES string of the molecule is CN(Cc1nnc(-c2ccc(Br)cc2)o1)S(=O)(=O)c1cccs1. The molecule has 0 aliphatic heterocycles. The number of hydrogen-bond donors (Lipinski definition) is 0. The van der Waals surface area contributed by atoms with Gasteiger partial charge in [0.05, 0.1) is 6.54 Å². The number of thiophene rings is 1. The summed E-state index contributed by atoms with van der Waals surface area (Å²) in [6, 6.07) is 10.7. The first-order valence-electron chi connectivity index (χ1n) is 6.55. The average Bonchev–Trinajstić information content (AvgIpc) is 3.19. The highest BCUT2D eigenvalue weighted by Gasteiger charge is 2.23. The van der Waals surface area contributed by atoms with Crippen LogP contribution < -0.4 is 0 Å². The first kappa shape index (κ1) is 16.3. The highest BCUT2D eigenvalue weighted by molar-refractivity contribution is 9.10. The molecule has 0 unspecified atom stereocenters. The topological polar surface area (TPSA) is 76.3 Å². The van der Waals surface area contributed by atoms with Crippen LogP contribution in [-0.4, -0.2) is 30.0 Å². The lowest BCUT2D eigenvalue weighted by atomic mass is 10.2. The largest absolute Gasteiger partial charge is 0.419 e. The molecule has 1 aromatic carbocycles. The summed E-state index contributed by atoms with van der Waals surface area (Å²) in [6.45, 7) is 0.0176. The number of aromatic nitrogens is 2. The van der Waals surface area contributed by atoms with Gasteiger partial charge in [0.25, 0.3) is 10.0 Å². The van der Waals surface area contributed by atoms with Gasteiger partial charge in [-0.1, -0.05) is 22.0 Å². The Kier molecular flexibility index (Phi) is 4.62. The molecule has 0 aliphatic rings. The van der Waals surface area contributed by atoms with Crippen molar-refractivity contribution in [3.8, 4) is 11.5 Å². The fourth-order valence-corrected chi connectivity index (χ4v) is 4.45. The molecule has 6 nitrogen and oxygen atoms in total. The zero-order valence-corrected chi connectivity index (χ0v) is 15.2. The van der Waals surface area contributed by atoms with Gasteiger partial charge in [-0.15, -0.1) is 21.5 Å². The van der Waals surface area contributed by atoms with E-state index in [1.54, 1.807) is 17.5 Å². The summed E-state index contributed by atoms with van der Waals surface area (Å²) >= 11 is 4.53. The molecule has 0 atom stereocenters. The van der Waals surface area contributed by atoms with E-state index in [0.29, 0.717) is 5.89 Å². The molecule has 0 radical (unpaired) electrons. The zero-order valence-electron chi connectivity index (χ0n) is 12.0. The number of benzene rings is 1. The minimum absolute atomic E-state index is 0.0176. The van der Waals surface area contributed by atoms with Crippen LogP contribution >= 0.6 is 27.3 Å². The van der Waals surface area contributed by atoms with Crippen molar-refractivity contribution in [1.82, 2.24) is 14.5 Å². The fraction of sp³-hybridized carbons (Fsp3) is 0.143. The number of sulfonamides is 1. The lowest BCUT2D eigenvalue weighted by molar-refractivity contribution is 0.400. The van der Waals surface area contributed by atoms with Crippen LogP contribution in [0.2, 0.25) is 0 Å². The normalized spacial score (nSPS) is 12.0. The molecule has 3 rings (SSSR count). The van der Waals surface area contributed by atoms with E-state index in [-0.39, 0.29) is 16.6 Å². The van der Waals surface area contributed by atoms with Gasteiger partial charge in [0.2, 0.25) is 11.8 Å². The number of rotatable bonds is 5. The Morgan fingerprint density at radius 2 is 1.96 bits per heavy atom. The minimum Gasteiger partial charge on any atom is -0.419 e. The van der Waals surface area contributed by atoms with Gasteiger partial charge in [0.15, 0.2) is 0 Å². The molecule has 23 heavy (non-hydrogen) atoms. The summed E-state index contributed by atoms with van der Waals surface area (Å²) in [5.41, 5.74) is 0.774. The van der Waals surface area contributed by atoms with E-state index in [9.17, 15) is 8.42 Å². The number of halogens is 1. The van der Waals surface area contributed by atoms with E-state index >= 15 is 0 Å². The van der Waals surface area contributed by atoms with E-state index in [1.165, 1.54) is 22.7 Å². The molecule has 2 aromatic heterocycles. The minimum atomic E-state index is -3.54. The maximum Gasteiger partial charge on any atom is 0.252 e. The third-order valence-corrected chi connectivity index (χ3v) is 6.78. The highest BCUT2D eigenvalue weighted by Crippen LogP contribution is 2.23. The molecular formula is C14H12BrN3O3S2.